The maximum atomic E-state index is 11.6. The number of sulfone groups is 1. The van der Waals surface area contributed by atoms with E-state index < -0.39 is 9.84 Å². The predicted molar refractivity (Wildman–Crippen MR) is 82.2 cm³/mol. The number of fused-ring (bicyclic) bond motifs is 1. The molecule has 21 heavy (non-hydrogen) atoms. The highest BCUT2D eigenvalue weighted by Crippen LogP contribution is 2.34. The highest BCUT2D eigenvalue weighted by Gasteiger charge is 2.25. The molecule has 0 radical (unpaired) electrons. The van der Waals surface area contributed by atoms with Crippen molar-refractivity contribution < 1.29 is 17.9 Å². The van der Waals surface area contributed by atoms with Gasteiger partial charge in [-0.3, -0.25) is 0 Å². The lowest BCUT2D eigenvalue weighted by molar-refractivity contribution is 0.355. The molecule has 2 heterocycles. The van der Waals surface area contributed by atoms with E-state index in [4.69, 9.17) is 21.7 Å². The lowest BCUT2D eigenvalue weighted by Crippen LogP contribution is -2.11. The van der Waals surface area contributed by atoms with Gasteiger partial charge < -0.3 is 19.0 Å². The van der Waals surface area contributed by atoms with Crippen LogP contribution in [0.25, 0.3) is 11.0 Å². The molecule has 0 spiro atoms. The van der Waals surface area contributed by atoms with Gasteiger partial charge in [-0.1, -0.05) is 0 Å². The molecule has 1 aromatic carbocycles. The van der Waals surface area contributed by atoms with Gasteiger partial charge in [0.2, 0.25) is 0 Å². The molecule has 0 saturated carbocycles. The second-order valence-corrected chi connectivity index (χ2v) is 7.07. The summed E-state index contributed by atoms with van der Waals surface area (Å²) in [7, 11) is -0.0450. The molecule has 1 aromatic heterocycles. The van der Waals surface area contributed by atoms with Crippen LogP contribution < -0.4 is 9.47 Å². The Hall–Kier alpha value is -1.80. The van der Waals surface area contributed by atoms with Crippen molar-refractivity contribution in [3.8, 4) is 11.5 Å². The minimum Gasteiger partial charge on any atom is -0.493 e. The van der Waals surface area contributed by atoms with Crippen LogP contribution in [-0.2, 0) is 9.84 Å². The van der Waals surface area contributed by atoms with Crippen LogP contribution in [0.3, 0.4) is 0 Å². The molecular formula is C13H14N2O4S2. The Labute approximate surface area is 126 Å². The molecule has 0 amide bonds. The molecule has 2 aromatic rings. The average Bonchev–Trinajstić information content (AvgIpc) is 2.95. The van der Waals surface area contributed by atoms with Gasteiger partial charge in [0.15, 0.2) is 26.1 Å². The summed E-state index contributed by atoms with van der Waals surface area (Å²) in [5.41, 5.74) is 1.56. The number of methoxy groups -OCH3 is 2. The number of aromatic amines is 1. The summed E-state index contributed by atoms with van der Waals surface area (Å²) in [5, 5.41) is 1.24. The third-order valence-electron chi connectivity index (χ3n) is 3.46. The summed E-state index contributed by atoms with van der Waals surface area (Å²) in [6, 6.07) is 3.27. The first-order valence-electron chi connectivity index (χ1n) is 6.22. The number of H-pyrrole nitrogens is 1. The molecule has 1 unspecified atom stereocenters. The van der Waals surface area contributed by atoms with Crippen LogP contribution in [0.1, 0.15) is 6.04 Å². The van der Waals surface area contributed by atoms with E-state index >= 15 is 0 Å². The van der Waals surface area contributed by atoms with Gasteiger partial charge in [-0.25, -0.2) is 8.42 Å². The number of benzene rings is 1. The van der Waals surface area contributed by atoms with Crippen LogP contribution in [0.2, 0.25) is 0 Å². The summed E-state index contributed by atoms with van der Waals surface area (Å²) in [4.78, 5) is 3.07. The van der Waals surface area contributed by atoms with Crippen LogP contribution in [0.5, 0.6) is 11.5 Å². The van der Waals surface area contributed by atoms with Crippen LogP contribution in [0.4, 0.5) is 0 Å². The number of allylic oxidation sites excluding steroid dienone is 1. The Balaban J connectivity index is 2.22. The first-order valence-corrected chi connectivity index (χ1v) is 8.35. The second-order valence-electron chi connectivity index (χ2n) is 4.75. The van der Waals surface area contributed by atoms with Crippen molar-refractivity contribution in [2.45, 2.75) is 6.04 Å². The van der Waals surface area contributed by atoms with Crippen molar-refractivity contribution >= 4 is 33.1 Å². The lowest BCUT2D eigenvalue weighted by atomic mass is 10.2. The van der Waals surface area contributed by atoms with Crippen molar-refractivity contribution in [2.24, 2.45) is 0 Å². The number of rotatable bonds is 3. The third kappa shape index (κ3) is 2.34. The van der Waals surface area contributed by atoms with Crippen LogP contribution in [0.15, 0.2) is 23.6 Å². The zero-order chi connectivity index (χ0) is 15.2. The fourth-order valence-electron chi connectivity index (χ4n) is 2.50. The molecule has 8 heteroatoms. The molecule has 1 aliphatic rings. The molecule has 0 aliphatic carbocycles. The molecule has 1 aliphatic heterocycles. The van der Waals surface area contributed by atoms with E-state index in [9.17, 15) is 8.42 Å². The first-order chi connectivity index (χ1) is 9.95. The number of ether oxygens (including phenoxy) is 2. The number of aromatic nitrogens is 2. The molecule has 6 nitrogen and oxygen atoms in total. The highest BCUT2D eigenvalue weighted by atomic mass is 32.2. The van der Waals surface area contributed by atoms with Crippen molar-refractivity contribution in [3.05, 3.63) is 28.4 Å². The number of nitrogens with zero attached hydrogens (tertiary/aromatic N) is 1. The molecule has 1 atom stereocenters. The van der Waals surface area contributed by atoms with Gasteiger partial charge in [-0.2, -0.15) is 0 Å². The molecule has 0 saturated heterocycles. The Morgan fingerprint density at radius 2 is 1.95 bits per heavy atom. The van der Waals surface area contributed by atoms with Gasteiger partial charge >= 0.3 is 0 Å². The fraction of sp³-hybridized carbons (Fsp3) is 0.308. The number of hydrogen-bond donors (Lipinski definition) is 1. The average molecular weight is 326 g/mol. The summed E-state index contributed by atoms with van der Waals surface area (Å²) in [5.74, 6) is 1.17. The van der Waals surface area contributed by atoms with E-state index in [2.05, 4.69) is 4.98 Å². The van der Waals surface area contributed by atoms with E-state index in [0.29, 0.717) is 16.3 Å². The molecular weight excluding hydrogens is 312 g/mol. The van der Waals surface area contributed by atoms with Crippen molar-refractivity contribution in [1.29, 1.82) is 0 Å². The fourth-order valence-corrected chi connectivity index (χ4v) is 4.11. The molecule has 3 rings (SSSR count). The van der Waals surface area contributed by atoms with E-state index in [0.717, 1.165) is 11.0 Å². The summed E-state index contributed by atoms with van der Waals surface area (Å²) in [6.45, 7) is 0. The van der Waals surface area contributed by atoms with Crippen molar-refractivity contribution in [1.82, 2.24) is 9.55 Å². The van der Waals surface area contributed by atoms with Gasteiger partial charge in [0, 0.05) is 17.5 Å². The van der Waals surface area contributed by atoms with Crippen molar-refractivity contribution in [3.63, 3.8) is 0 Å². The zero-order valence-electron chi connectivity index (χ0n) is 11.5. The number of nitrogens with one attached hydrogen (secondary N) is 1. The lowest BCUT2D eigenvalue weighted by Gasteiger charge is -2.12. The maximum Gasteiger partial charge on any atom is 0.178 e. The van der Waals surface area contributed by atoms with Crippen LogP contribution >= 0.6 is 12.2 Å². The van der Waals surface area contributed by atoms with Crippen molar-refractivity contribution in [2.75, 3.05) is 20.0 Å². The number of imidazole rings is 1. The largest absolute Gasteiger partial charge is 0.493 e. The van der Waals surface area contributed by atoms with E-state index in [-0.39, 0.29) is 11.8 Å². The van der Waals surface area contributed by atoms with Crippen LogP contribution in [0, 0.1) is 4.77 Å². The first kappa shape index (κ1) is 14.2. The van der Waals surface area contributed by atoms with Crippen LogP contribution in [-0.4, -0.2) is 37.9 Å². The van der Waals surface area contributed by atoms with Gasteiger partial charge in [0.1, 0.15) is 0 Å². The van der Waals surface area contributed by atoms with E-state index in [1.807, 2.05) is 0 Å². The Bertz CT molecular complexity index is 893. The second kappa shape index (κ2) is 4.88. The Kier molecular flexibility index (Phi) is 3.29. The normalized spacial score (nSPS) is 20.0. The summed E-state index contributed by atoms with van der Waals surface area (Å²) < 4.78 is 36.0. The van der Waals surface area contributed by atoms with Gasteiger partial charge in [-0.15, -0.1) is 0 Å². The number of hydrogen-bond acceptors (Lipinski definition) is 5. The van der Waals surface area contributed by atoms with E-state index in [1.165, 1.54) is 5.41 Å². The van der Waals surface area contributed by atoms with Gasteiger partial charge in [0.05, 0.1) is 37.0 Å². The smallest absolute Gasteiger partial charge is 0.178 e. The topological polar surface area (TPSA) is 73.3 Å². The molecule has 1 N–H and O–H groups in total. The van der Waals surface area contributed by atoms with Gasteiger partial charge in [0.25, 0.3) is 0 Å². The summed E-state index contributed by atoms with van der Waals surface area (Å²) >= 11 is 5.32. The van der Waals surface area contributed by atoms with Gasteiger partial charge in [-0.05, 0) is 18.3 Å². The Morgan fingerprint density at radius 3 is 2.52 bits per heavy atom. The van der Waals surface area contributed by atoms with E-state index in [1.54, 1.807) is 37.0 Å². The Morgan fingerprint density at radius 1 is 1.29 bits per heavy atom. The molecule has 0 fully saturated rings. The maximum absolute atomic E-state index is 11.6. The highest BCUT2D eigenvalue weighted by molar-refractivity contribution is 7.94. The third-order valence-corrected chi connectivity index (χ3v) is 5.14. The molecule has 112 valence electrons. The quantitative estimate of drug-likeness (QED) is 0.875. The monoisotopic (exact) mass is 326 g/mol. The predicted octanol–water partition coefficient (Wildman–Crippen LogP) is 2.20. The zero-order valence-corrected chi connectivity index (χ0v) is 13.1. The minimum atomic E-state index is -3.15. The summed E-state index contributed by atoms with van der Waals surface area (Å²) in [6.07, 6.45) is 1.65. The standard InChI is InChI=1S/C13H14N2O4S2/c1-18-11-5-9-10(6-12(11)19-2)15(13(20)14-9)8-3-4-21(16,17)7-8/h3-6,8H,7H2,1-2H3,(H,14,20). The SMILES string of the molecule is COc1cc2[nH]c(=S)n(C3C=CS(=O)(=O)C3)c2cc1OC. The molecule has 0 bridgehead atoms. The minimum absolute atomic E-state index is 0.0165.